The Morgan fingerprint density at radius 2 is 1.65 bits per heavy atom. The Labute approximate surface area is 151 Å². The molecule has 132 valence electrons. The Balaban J connectivity index is 1.56. The van der Waals surface area contributed by atoms with Gasteiger partial charge in [-0.15, -0.1) is 0 Å². The molecule has 1 heterocycles. The summed E-state index contributed by atoms with van der Waals surface area (Å²) in [6, 6.07) is 9.17. The number of hydrogen-bond acceptors (Lipinski definition) is 2. The molecule has 0 bridgehead atoms. The van der Waals surface area contributed by atoms with Crippen LogP contribution < -0.4 is 10.8 Å². The van der Waals surface area contributed by atoms with E-state index in [0.29, 0.717) is 31.9 Å². The van der Waals surface area contributed by atoms with E-state index < -0.39 is 11.6 Å². The van der Waals surface area contributed by atoms with Crippen LogP contribution >= 0.6 is 0 Å². The first-order chi connectivity index (χ1) is 12.4. The van der Waals surface area contributed by atoms with Crippen molar-refractivity contribution in [3.63, 3.8) is 0 Å². The van der Waals surface area contributed by atoms with Crippen molar-refractivity contribution in [2.75, 3.05) is 31.5 Å². The van der Waals surface area contributed by atoms with E-state index in [4.69, 9.17) is 7.85 Å². The van der Waals surface area contributed by atoms with E-state index in [0.717, 1.165) is 6.07 Å². The van der Waals surface area contributed by atoms with E-state index >= 15 is 0 Å². The van der Waals surface area contributed by atoms with Crippen molar-refractivity contribution in [1.29, 1.82) is 0 Å². The van der Waals surface area contributed by atoms with Crippen LogP contribution in [0.2, 0.25) is 0 Å². The summed E-state index contributed by atoms with van der Waals surface area (Å²) >= 11 is 0. The number of nitrogens with one attached hydrogen (secondary N) is 1. The molecule has 3 amide bonds. The first-order valence-electron chi connectivity index (χ1n) is 8.10. The summed E-state index contributed by atoms with van der Waals surface area (Å²) in [6.45, 7) is 1.31. The van der Waals surface area contributed by atoms with Gasteiger partial charge >= 0.3 is 6.03 Å². The van der Waals surface area contributed by atoms with Crippen molar-refractivity contribution in [3.8, 4) is 0 Å². The fourth-order valence-electron chi connectivity index (χ4n) is 2.72. The highest BCUT2D eigenvalue weighted by Gasteiger charge is 2.25. The second-order valence-electron chi connectivity index (χ2n) is 5.96. The van der Waals surface area contributed by atoms with Crippen LogP contribution in [0, 0.1) is 11.6 Å². The summed E-state index contributed by atoms with van der Waals surface area (Å²) < 4.78 is 26.7. The van der Waals surface area contributed by atoms with Crippen molar-refractivity contribution in [2.24, 2.45) is 0 Å². The smallest absolute Gasteiger partial charge is 0.321 e. The van der Waals surface area contributed by atoms with Gasteiger partial charge in [-0.3, -0.25) is 4.79 Å². The number of urea groups is 1. The molecule has 0 saturated carbocycles. The molecule has 0 aliphatic carbocycles. The second-order valence-corrected chi connectivity index (χ2v) is 5.96. The van der Waals surface area contributed by atoms with Crippen molar-refractivity contribution >= 4 is 30.9 Å². The van der Waals surface area contributed by atoms with E-state index in [-0.39, 0.29) is 23.0 Å². The highest BCUT2D eigenvalue weighted by Crippen LogP contribution is 2.13. The normalized spacial score (nSPS) is 14.2. The molecule has 1 aliphatic rings. The maximum Gasteiger partial charge on any atom is 0.321 e. The third-order valence-corrected chi connectivity index (χ3v) is 4.18. The van der Waals surface area contributed by atoms with Gasteiger partial charge in [0.05, 0.1) is 0 Å². The molecule has 0 atom stereocenters. The number of hydrogen-bond donors (Lipinski definition) is 1. The second kappa shape index (κ2) is 7.55. The first-order valence-corrected chi connectivity index (χ1v) is 8.10. The number of carbonyl (C=O) groups is 2. The summed E-state index contributed by atoms with van der Waals surface area (Å²) in [5.74, 6) is -1.34. The van der Waals surface area contributed by atoms with Gasteiger partial charge in [0.1, 0.15) is 19.5 Å². The zero-order valence-corrected chi connectivity index (χ0v) is 13.9. The largest absolute Gasteiger partial charge is 0.335 e. The molecule has 2 aromatic rings. The van der Waals surface area contributed by atoms with Crippen LogP contribution in [0.25, 0.3) is 0 Å². The zero-order valence-electron chi connectivity index (χ0n) is 13.9. The molecule has 1 N–H and O–H groups in total. The van der Waals surface area contributed by atoms with Gasteiger partial charge in [-0.1, -0.05) is 17.6 Å². The monoisotopic (exact) mass is 355 g/mol. The lowest BCUT2D eigenvalue weighted by molar-refractivity contribution is 0.0671. The van der Waals surface area contributed by atoms with Gasteiger partial charge < -0.3 is 15.1 Å². The molecule has 5 nitrogen and oxygen atoms in total. The molecule has 0 spiro atoms. The summed E-state index contributed by atoms with van der Waals surface area (Å²) in [6.07, 6.45) is 0. The molecule has 8 heteroatoms. The van der Waals surface area contributed by atoms with Crippen molar-refractivity contribution in [2.45, 2.75) is 0 Å². The lowest BCUT2D eigenvalue weighted by Gasteiger charge is -2.34. The zero-order chi connectivity index (χ0) is 18.7. The Bertz CT molecular complexity index is 839. The Morgan fingerprint density at radius 1 is 0.962 bits per heavy atom. The SMILES string of the molecule is [B]c1ccc(NC(=O)N2CCN(C(=O)c3cccc(F)c3)CC2)cc1F. The molecular weight excluding hydrogens is 339 g/mol. The summed E-state index contributed by atoms with van der Waals surface area (Å²) in [5.41, 5.74) is 0.590. The third kappa shape index (κ3) is 4.01. The molecule has 0 aromatic heterocycles. The van der Waals surface area contributed by atoms with Crippen LogP contribution in [0.5, 0.6) is 0 Å². The maximum atomic E-state index is 13.4. The first kappa shape index (κ1) is 17.9. The van der Waals surface area contributed by atoms with Gasteiger partial charge in [0, 0.05) is 37.4 Å². The fourth-order valence-corrected chi connectivity index (χ4v) is 2.72. The van der Waals surface area contributed by atoms with E-state index in [1.54, 1.807) is 11.0 Å². The molecule has 1 saturated heterocycles. The lowest BCUT2D eigenvalue weighted by atomic mass is 9.95. The van der Waals surface area contributed by atoms with Crippen molar-refractivity contribution < 1.29 is 18.4 Å². The van der Waals surface area contributed by atoms with Crippen molar-refractivity contribution in [3.05, 3.63) is 59.7 Å². The van der Waals surface area contributed by atoms with Gasteiger partial charge in [-0.25, -0.2) is 13.6 Å². The number of carbonyl (C=O) groups excluding carboxylic acids is 2. The van der Waals surface area contributed by atoms with Crippen LogP contribution in [-0.4, -0.2) is 55.8 Å². The van der Waals surface area contributed by atoms with E-state index in [9.17, 15) is 18.4 Å². The molecular formula is C18H16BF2N3O2. The number of piperazine rings is 1. The summed E-state index contributed by atoms with van der Waals surface area (Å²) in [7, 11) is 5.40. The number of benzene rings is 2. The van der Waals surface area contributed by atoms with Crippen LogP contribution in [0.3, 0.4) is 0 Å². The van der Waals surface area contributed by atoms with Gasteiger partial charge in [0.2, 0.25) is 0 Å². The highest BCUT2D eigenvalue weighted by atomic mass is 19.1. The number of rotatable bonds is 2. The lowest BCUT2D eigenvalue weighted by Crippen LogP contribution is -2.51. The fraction of sp³-hybridized carbons (Fsp3) is 0.222. The number of anilines is 1. The molecule has 2 aromatic carbocycles. The average molecular weight is 355 g/mol. The third-order valence-electron chi connectivity index (χ3n) is 4.18. The summed E-state index contributed by atoms with van der Waals surface area (Å²) in [4.78, 5) is 27.7. The number of amides is 3. The molecule has 2 radical (unpaired) electrons. The summed E-state index contributed by atoms with van der Waals surface area (Å²) in [5, 5.41) is 2.60. The Kier molecular flexibility index (Phi) is 5.20. The predicted molar refractivity (Wildman–Crippen MR) is 94.7 cm³/mol. The van der Waals surface area contributed by atoms with E-state index in [1.165, 1.54) is 35.2 Å². The molecule has 1 fully saturated rings. The van der Waals surface area contributed by atoms with Crippen LogP contribution in [0.4, 0.5) is 19.3 Å². The average Bonchev–Trinajstić information content (AvgIpc) is 2.64. The molecule has 26 heavy (non-hydrogen) atoms. The highest BCUT2D eigenvalue weighted by molar-refractivity contribution is 6.32. The van der Waals surface area contributed by atoms with Crippen molar-refractivity contribution in [1.82, 2.24) is 9.80 Å². The van der Waals surface area contributed by atoms with Crippen LogP contribution in [0.1, 0.15) is 10.4 Å². The standard InChI is InChI=1S/C18H16BF2N3O2/c19-15-5-4-14(11-16(15)21)22-18(26)24-8-6-23(7-9-24)17(25)12-2-1-3-13(20)10-12/h1-5,10-11H,6-9H2,(H,22,26). The minimum absolute atomic E-state index is 0.00692. The number of nitrogens with zero attached hydrogens (tertiary/aromatic N) is 2. The van der Waals surface area contributed by atoms with Gasteiger partial charge in [-0.05, 0) is 30.3 Å². The number of halogens is 2. The van der Waals surface area contributed by atoms with Crippen LogP contribution in [-0.2, 0) is 0 Å². The van der Waals surface area contributed by atoms with E-state index in [2.05, 4.69) is 5.32 Å². The topological polar surface area (TPSA) is 52.7 Å². The molecule has 1 aliphatic heterocycles. The quantitative estimate of drug-likeness (QED) is 0.835. The van der Waals surface area contributed by atoms with Gasteiger partial charge in [-0.2, -0.15) is 0 Å². The Hall–Kier alpha value is -2.90. The Morgan fingerprint density at radius 3 is 2.31 bits per heavy atom. The molecule has 3 rings (SSSR count). The minimum atomic E-state index is -0.603. The van der Waals surface area contributed by atoms with Gasteiger partial charge in [0.15, 0.2) is 0 Å². The predicted octanol–water partition coefficient (Wildman–Crippen LogP) is 1.75. The van der Waals surface area contributed by atoms with E-state index in [1.807, 2.05) is 0 Å². The maximum absolute atomic E-state index is 13.4. The molecule has 0 unspecified atom stereocenters. The minimum Gasteiger partial charge on any atom is -0.335 e. The van der Waals surface area contributed by atoms with Gasteiger partial charge in [0.25, 0.3) is 5.91 Å². The van der Waals surface area contributed by atoms with Crippen LogP contribution in [0.15, 0.2) is 42.5 Å².